The fraction of sp³-hybridized carbons (Fsp3) is 0.250. The van der Waals surface area contributed by atoms with Gasteiger partial charge in [-0.1, -0.05) is 6.08 Å². The maximum atomic E-state index is 5.48. The fourth-order valence-corrected chi connectivity index (χ4v) is 0.686. The van der Waals surface area contributed by atoms with Crippen molar-refractivity contribution in [1.82, 2.24) is 9.97 Å². The van der Waals surface area contributed by atoms with E-state index in [2.05, 4.69) is 16.5 Å². The lowest BCUT2D eigenvalue weighted by Crippen LogP contribution is -2.02. The highest BCUT2D eigenvalue weighted by Gasteiger charge is 1.99. The van der Waals surface area contributed by atoms with Crippen molar-refractivity contribution >= 4 is 5.82 Å². The van der Waals surface area contributed by atoms with Crippen LogP contribution in [0.4, 0.5) is 5.82 Å². The molecule has 0 spiro atoms. The average molecular weight is 165 g/mol. The van der Waals surface area contributed by atoms with Gasteiger partial charge in [0.1, 0.15) is 0 Å². The molecule has 0 bridgehead atoms. The minimum Gasteiger partial charge on any atom is -0.475 e. The van der Waals surface area contributed by atoms with Crippen LogP contribution >= 0.6 is 0 Å². The average Bonchev–Trinajstić information content (AvgIpc) is 2.09. The van der Waals surface area contributed by atoms with Crippen LogP contribution in [-0.4, -0.2) is 16.6 Å². The zero-order valence-corrected chi connectivity index (χ0v) is 6.73. The van der Waals surface area contributed by atoms with Gasteiger partial charge in [-0.05, 0) is 6.42 Å². The highest BCUT2D eigenvalue weighted by molar-refractivity contribution is 5.38. The molecule has 0 radical (unpaired) electrons. The third-order valence-electron chi connectivity index (χ3n) is 1.25. The Morgan fingerprint density at radius 3 is 2.92 bits per heavy atom. The molecule has 0 fully saturated rings. The Morgan fingerprint density at radius 1 is 1.50 bits per heavy atom. The molecule has 2 N–H and O–H groups in total. The van der Waals surface area contributed by atoms with Crippen molar-refractivity contribution in [2.75, 3.05) is 12.3 Å². The molecular formula is C8H11N3O. The molecule has 0 aliphatic heterocycles. The first-order valence-electron chi connectivity index (χ1n) is 3.64. The van der Waals surface area contributed by atoms with Crippen LogP contribution in [0, 0.1) is 0 Å². The molecule has 0 aliphatic carbocycles. The van der Waals surface area contributed by atoms with Crippen LogP contribution < -0.4 is 10.5 Å². The Labute approximate surface area is 71.1 Å². The maximum absolute atomic E-state index is 5.48. The van der Waals surface area contributed by atoms with Crippen LogP contribution in [0.5, 0.6) is 5.88 Å². The Balaban J connectivity index is 2.51. The standard InChI is InChI=1S/C8H11N3O/c1-2-3-6-12-8-7(9)10-4-5-11-8/h2,4-5H,1,3,6H2,(H2,9,10). The molecule has 0 unspecified atom stereocenters. The molecule has 0 amide bonds. The number of nitrogens with zero attached hydrogens (tertiary/aromatic N) is 2. The first-order valence-corrected chi connectivity index (χ1v) is 3.64. The molecule has 4 nitrogen and oxygen atoms in total. The quantitative estimate of drug-likeness (QED) is 0.534. The van der Waals surface area contributed by atoms with E-state index < -0.39 is 0 Å². The maximum Gasteiger partial charge on any atom is 0.257 e. The van der Waals surface area contributed by atoms with Gasteiger partial charge in [0.15, 0.2) is 5.82 Å². The molecule has 0 atom stereocenters. The second-order valence-corrected chi connectivity index (χ2v) is 2.17. The third-order valence-corrected chi connectivity index (χ3v) is 1.25. The summed E-state index contributed by atoms with van der Waals surface area (Å²) in [5.41, 5.74) is 5.48. The lowest BCUT2D eigenvalue weighted by Gasteiger charge is -2.03. The normalized spacial score (nSPS) is 9.33. The molecular weight excluding hydrogens is 154 g/mol. The van der Waals surface area contributed by atoms with Gasteiger partial charge in [0.25, 0.3) is 5.88 Å². The van der Waals surface area contributed by atoms with Crippen LogP contribution in [-0.2, 0) is 0 Å². The van der Waals surface area contributed by atoms with E-state index in [1.807, 2.05) is 0 Å². The second kappa shape index (κ2) is 4.33. The van der Waals surface area contributed by atoms with Gasteiger partial charge >= 0.3 is 0 Å². The highest BCUT2D eigenvalue weighted by atomic mass is 16.5. The summed E-state index contributed by atoms with van der Waals surface area (Å²) in [6, 6.07) is 0. The van der Waals surface area contributed by atoms with Crippen molar-refractivity contribution in [1.29, 1.82) is 0 Å². The summed E-state index contributed by atoms with van der Waals surface area (Å²) in [6.07, 6.45) is 5.61. The molecule has 1 aromatic heterocycles. The van der Waals surface area contributed by atoms with Gasteiger partial charge in [0.2, 0.25) is 0 Å². The number of aromatic nitrogens is 2. The first-order chi connectivity index (χ1) is 5.84. The first kappa shape index (κ1) is 8.52. The smallest absolute Gasteiger partial charge is 0.257 e. The molecule has 0 saturated heterocycles. The molecule has 0 aromatic carbocycles. The third kappa shape index (κ3) is 2.23. The number of ether oxygens (including phenoxy) is 1. The van der Waals surface area contributed by atoms with Gasteiger partial charge in [0, 0.05) is 12.4 Å². The summed E-state index contributed by atoms with van der Waals surface area (Å²) < 4.78 is 5.21. The number of nitrogen functional groups attached to an aromatic ring is 1. The van der Waals surface area contributed by atoms with Gasteiger partial charge in [-0.25, -0.2) is 9.97 Å². The van der Waals surface area contributed by atoms with E-state index >= 15 is 0 Å². The van der Waals surface area contributed by atoms with Gasteiger partial charge in [-0.3, -0.25) is 0 Å². The van der Waals surface area contributed by atoms with E-state index in [9.17, 15) is 0 Å². The molecule has 12 heavy (non-hydrogen) atoms. The topological polar surface area (TPSA) is 61.0 Å². The fourth-order valence-electron chi connectivity index (χ4n) is 0.686. The van der Waals surface area contributed by atoms with Crippen molar-refractivity contribution in [2.45, 2.75) is 6.42 Å². The highest BCUT2D eigenvalue weighted by Crippen LogP contribution is 2.12. The van der Waals surface area contributed by atoms with Crippen molar-refractivity contribution in [3.63, 3.8) is 0 Å². The van der Waals surface area contributed by atoms with Gasteiger partial charge in [-0.2, -0.15) is 0 Å². The largest absolute Gasteiger partial charge is 0.475 e. The lowest BCUT2D eigenvalue weighted by molar-refractivity contribution is 0.313. The number of nitrogens with two attached hydrogens (primary N) is 1. The molecule has 1 heterocycles. The predicted octanol–water partition coefficient (Wildman–Crippen LogP) is 1.01. The van der Waals surface area contributed by atoms with Crippen LogP contribution in [0.2, 0.25) is 0 Å². The molecule has 4 heteroatoms. The van der Waals surface area contributed by atoms with E-state index in [1.165, 1.54) is 6.20 Å². The number of hydrogen-bond acceptors (Lipinski definition) is 4. The van der Waals surface area contributed by atoms with Crippen LogP contribution in [0.3, 0.4) is 0 Å². The van der Waals surface area contributed by atoms with E-state index in [4.69, 9.17) is 10.5 Å². The molecule has 1 aromatic rings. The van der Waals surface area contributed by atoms with E-state index in [1.54, 1.807) is 12.3 Å². The lowest BCUT2D eigenvalue weighted by atomic mass is 10.4. The second-order valence-electron chi connectivity index (χ2n) is 2.17. The minimum atomic E-state index is 0.321. The molecule has 0 aliphatic rings. The Morgan fingerprint density at radius 2 is 2.25 bits per heavy atom. The van der Waals surface area contributed by atoms with Crippen LogP contribution in [0.25, 0.3) is 0 Å². The summed E-state index contributed by atoms with van der Waals surface area (Å²) >= 11 is 0. The number of hydrogen-bond donors (Lipinski definition) is 1. The zero-order chi connectivity index (χ0) is 8.81. The summed E-state index contributed by atoms with van der Waals surface area (Å²) in [4.78, 5) is 7.73. The molecule has 0 saturated carbocycles. The van der Waals surface area contributed by atoms with Crippen molar-refractivity contribution in [3.05, 3.63) is 25.0 Å². The molecule has 64 valence electrons. The number of anilines is 1. The van der Waals surface area contributed by atoms with E-state index in [-0.39, 0.29) is 0 Å². The predicted molar refractivity (Wildman–Crippen MR) is 46.8 cm³/mol. The van der Waals surface area contributed by atoms with Gasteiger partial charge in [0.05, 0.1) is 6.61 Å². The van der Waals surface area contributed by atoms with E-state index in [0.717, 1.165) is 6.42 Å². The summed E-state index contributed by atoms with van der Waals surface area (Å²) in [5, 5.41) is 0. The van der Waals surface area contributed by atoms with Gasteiger partial charge < -0.3 is 10.5 Å². The minimum absolute atomic E-state index is 0.321. The number of rotatable bonds is 4. The summed E-state index contributed by atoms with van der Waals surface area (Å²) in [5.74, 6) is 0.709. The van der Waals surface area contributed by atoms with Crippen LogP contribution in [0.15, 0.2) is 25.0 Å². The summed E-state index contributed by atoms with van der Waals surface area (Å²) in [6.45, 7) is 4.10. The Kier molecular flexibility index (Phi) is 3.07. The SMILES string of the molecule is C=CCCOc1nccnc1N. The van der Waals surface area contributed by atoms with Crippen LogP contribution in [0.1, 0.15) is 6.42 Å². The zero-order valence-electron chi connectivity index (χ0n) is 6.73. The Bertz CT molecular complexity index is 262. The monoisotopic (exact) mass is 165 g/mol. The van der Waals surface area contributed by atoms with Gasteiger partial charge in [-0.15, -0.1) is 6.58 Å². The van der Waals surface area contributed by atoms with Crippen molar-refractivity contribution < 1.29 is 4.74 Å². The van der Waals surface area contributed by atoms with Crippen molar-refractivity contribution in [3.8, 4) is 5.88 Å². The Hall–Kier alpha value is -1.58. The van der Waals surface area contributed by atoms with Crippen molar-refractivity contribution in [2.24, 2.45) is 0 Å². The molecule has 1 rings (SSSR count). The van der Waals surface area contributed by atoms with E-state index in [0.29, 0.717) is 18.3 Å². The summed E-state index contributed by atoms with van der Waals surface area (Å²) in [7, 11) is 0.